The molecular formula is C14H14N2O4S. The van der Waals surface area contributed by atoms with Crippen LogP contribution >= 0.6 is 0 Å². The summed E-state index contributed by atoms with van der Waals surface area (Å²) in [7, 11) is -3.58. The Morgan fingerprint density at radius 1 is 1.19 bits per heavy atom. The summed E-state index contributed by atoms with van der Waals surface area (Å²) in [5.41, 5.74) is 4.97. The van der Waals surface area contributed by atoms with Gasteiger partial charge in [-0.25, -0.2) is 13.1 Å². The number of hydrogen-bond acceptors (Lipinski definition) is 4. The van der Waals surface area contributed by atoms with Gasteiger partial charge in [0.05, 0.1) is 11.4 Å². The summed E-state index contributed by atoms with van der Waals surface area (Å²) < 4.78 is 31.8. The molecule has 1 heterocycles. The number of primary amides is 1. The summed E-state index contributed by atoms with van der Waals surface area (Å²) in [5.74, 6) is 0.263. The number of nitrogens with one attached hydrogen (secondary N) is 1. The Morgan fingerprint density at radius 2 is 1.90 bits per heavy atom. The first-order valence-corrected chi connectivity index (χ1v) is 7.56. The Bertz CT molecular complexity index is 748. The van der Waals surface area contributed by atoms with Crippen molar-refractivity contribution in [2.45, 2.75) is 11.4 Å². The van der Waals surface area contributed by atoms with Crippen LogP contribution in [0.5, 0.6) is 0 Å². The molecule has 0 aliphatic heterocycles. The highest BCUT2D eigenvalue weighted by Crippen LogP contribution is 2.12. The first-order valence-electron chi connectivity index (χ1n) is 6.08. The lowest BCUT2D eigenvalue weighted by Gasteiger charge is -2.04. The van der Waals surface area contributed by atoms with Crippen LogP contribution in [0.25, 0.3) is 6.08 Å². The molecule has 3 N–H and O–H groups in total. The molecule has 0 atom stereocenters. The zero-order valence-corrected chi connectivity index (χ0v) is 11.8. The van der Waals surface area contributed by atoms with E-state index in [2.05, 4.69) is 4.72 Å². The molecule has 1 aromatic carbocycles. The van der Waals surface area contributed by atoms with Gasteiger partial charge in [-0.2, -0.15) is 0 Å². The molecule has 0 aliphatic carbocycles. The summed E-state index contributed by atoms with van der Waals surface area (Å²) in [6, 6.07) is 11.3. The van der Waals surface area contributed by atoms with Crippen LogP contribution in [0.2, 0.25) is 0 Å². The maximum Gasteiger partial charge on any atom is 0.241 e. The largest absolute Gasteiger partial charge is 0.460 e. The SMILES string of the molecule is NC(=O)/C=C/c1ccc(CNS(=O)(=O)c2ccccc2)o1. The fourth-order valence-electron chi connectivity index (χ4n) is 1.59. The zero-order valence-electron chi connectivity index (χ0n) is 11.0. The number of sulfonamides is 1. The Morgan fingerprint density at radius 3 is 2.57 bits per heavy atom. The summed E-state index contributed by atoms with van der Waals surface area (Å²) in [4.78, 5) is 10.8. The third-order valence-electron chi connectivity index (χ3n) is 2.58. The lowest BCUT2D eigenvalue weighted by Crippen LogP contribution is -2.22. The summed E-state index contributed by atoms with van der Waals surface area (Å²) in [6.07, 6.45) is 2.58. The molecular weight excluding hydrogens is 292 g/mol. The standard InChI is InChI=1S/C14H14N2O4S/c15-14(17)9-8-11-6-7-12(20-11)10-16-21(18,19)13-4-2-1-3-5-13/h1-9,16H,10H2,(H2,15,17)/b9-8+. The van der Waals surface area contributed by atoms with Crippen LogP contribution in [0.4, 0.5) is 0 Å². The highest BCUT2D eigenvalue weighted by Gasteiger charge is 2.13. The van der Waals surface area contributed by atoms with Crippen molar-refractivity contribution in [2.24, 2.45) is 5.73 Å². The highest BCUT2D eigenvalue weighted by molar-refractivity contribution is 7.89. The van der Waals surface area contributed by atoms with E-state index in [1.54, 1.807) is 30.3 Å². The van der Waals surface area contributed by atoms with Gasteiger partial charge in [-0.05, 0) is 30.3 Å². The van der Waals surface area contributed by atoms with Gasteiger partial charge >= 0.3 is 0 Å². The quantitative estimate of drug-likeness (QED) is 0.784. The van der Waals surface area contributed by atoms with Gasteiger partial charge in [0.1, 0.15) is 11.5 Å². The molecule has 110 valence electrons. The summed E-state index contributed by atoms with van der Waals surface area (Å²) >= 11 is 0. The van der Waals surface area contributed by atoms with Crippen molar-refractivity contribution in [1.29, 1.82) is 0 Å². The van der Waals surface area contributed by atoms with Gasteiger partial charge in [-0.15, -0.1) is 0 Å². The van der Waals surface area contributed by atoms with Crippen LogP contribution in [0.3, 0.4) is 0 Å². The number of carbonyl (C=O) groups excluding carboxylic acids is 1. The van der Waals surface area contributed by atoms with E-state index in [0.717, 1.165) is 6.08 Å². The Labute approximate surface area is 122 Å². The van der Waals surface area contributed by atoms with E-state index in [1.807, 2.05) is 0 Å². The first-order chi connectivity index (χ1) is 9.97. The molecule has 21 heavy (non-hydrogen) atoms. The summed E-state index contributed by atoms with van der Waals surface area (Å²) in [6.45, 7) is 0.0155. The van der Waals surface area contributed by atoms with Crippen LogP contribution in [0, 0.1) is 0 Å². The van der Waals surface area contributed by atoms with E-state index in [9.17, 15) is 13.2 Å². The normalized spacial score (nSPS) is 11.8. The molecule has 0 fully saturated rings. The van der Waals surface area contributed by atoms with E-state index in [0.29, 0.717) is 11.5 Å². The first kappa shape index (κ1) is 15.0. The average molecular weight is 306 g/mol. The van der Waals surface area contributed by atoms with Gasteiger partial charge in [0.2, 0.25) is 15.9 Å². The highest BCUT2D eigenvalue weighted by atomic mass is 32.2. The monoisotopic (exact) mass is 306 g/mol. The van der Waals surface area contributed by atoms with Crippen molar-refractivity contribution < 1.29 is 17.6 Å². The van der Waals surface area contributed by atoms with E-state index in [-0.39, 0.29) is 11.4 Å². The van der Waals surface area contributed by atoms with Gasteiger partial charge in [-0.3, -0.25) is 4.79 Å². The van der Waals surface area contributed by atoms with Gasteiger partial charge in [-0.1, -0.05) is 18.2 Å². The van der Waals surface area contributed by atoms with E-state index in [4.69, 9.17) is 10.2 Å². The fraction of sp³-hybridized carbons (Fsp3) is 0.0714. The molecule has 6 nitrogen and oxygen atoms in total. The molecule has 0 radical (unpaired) electrons. The number of amides is 1. The van der Waals surface area contributed by atoms with Crippen LogP contribution in [-0.2, 0) is 21.4 Å². The van der Waals surface area contributed by atoms with Crippen molar-refractivity contribution >= 4 is 22.0 Å². The second-order valence-corrected chi connectivity index (χ2v) is 5.94. The van der Waals surface area contributed by atoms with E-state index < -0.39 is 15.9 Å². The number of hydrogen-bond donors (Lipinski definition) is 2. The van der Waals surface area contributed by atoms with Crippen LogP contribution in [-0.4, -0.2) is 14.3 Å². The van der Waals surface area contributed by atoms with Gasteiger partial charge < -0.3 is 10.2 Å². The summed E-state index contributed by atoms with van der Waals surface area (Å²) in [5, 5.41) is 0. The van der Waals surface area contributed by atoms with Gasteiger partial charge in [0.25, 0.3) is 0 Å². The van der Waals surface area contributed by atoms with Crippen LogP contribution < -0.4 is 10.5 Å². The molecule has 7 heteroatoms. The molecule has 0 saturated carbocycles. The smallest absolute Gasteiger partial charge is 0.241 e. The molecule has 0 saturated heterocycles. The minimum Gasteiger partial charge on any atom is -0.460 e. The van der Waals surface area contributed by atoms with Crippen LogP contribution in [0.1, 0.15) is 11.5 Å². The molecule has 0 aliphatic rings. The van der Waals surface area contributed by atoms with Crippen molar-refractivity contribution in [2.75, 3.05) is 0 Å². The lowest BCUT2D eigenvalue weighted by atomic mass is 10.4. The molecule has 2 aromatic rings. The molecule has 1 aromatic heterocycles. The van der Waals surface area contributed by atoms with Gasteiger partial charge in [0.15, 0.2) is 0 Å². The second-order valence-electron chi connectivity index (χ2n) is 4.18. The number of carbonyl (C=O) groups is 1. The Balaban J connectivity index is 2.02. The Hall–Kier alpha value is -2.38. The van der Waals surface area contributed by atoms with E-state index >= 15 is 0 Å². The van der Waals surface area contributed by atoms with Gasteiger partial charge in [0, 0.05) is 6.08 Å². The second kappa shape index (κ2) is 6.38. The topological polar surface area (TPSA) is 102 Å². The third kappa shape index (κ3) is 4.30. The predicted molar refractivity (Wildman–Crippen MR) is 77.4 cm³/mol. The van der Waals surface area contributed by atoms with Crippen molar-refractivity contribution in [3.8, 4) is 0 Å². The maximum absolute atomic E-state index is 12.0. The fourth-order valence-corrected chi connectivity index (χ4v) is 2.61. The molecule has 0 unspecified atom stereocenters. The average Bonchev–Trinajstić information content (AvgIpc) is 2.92. The van der Waals surface area contributed by atoms with Crippen molar-refractivity contribution in [3.05, 3.63) is 60.1 Å². The number of nitrogens with two attached hydrogens (primary N) is 1. The molecule has 0 bridgehead atoms. The van der Waals surface area contributed by atoms with Crippen LogP contribution in [0.15, 0.2) is 57.9 Å². The molecule has 0 spiro atoms. The van der Waals surface area contributed by atoms with Crippen molar-refractivity contribution in [3.63, 3.8) is 0 Å². The predicted octanol–water partition coefficient (Wildman–Crippen LogP) is 1.26. The number of benzene rings is 1. The minimum atomic E-state index is -3.58. The lowest BCUT2D eigenvalue weighted by molar-refractivity contribution is -0.113. The maximum atomic E-state index is 12.0. The zero-order chi connectivity index (χ0) is 15.3. The van der Waals surface area contributed by atoms with Crippen molar-refractivity contribution in [1.82, 2.24) is 4.72 Å². The number of furan rings is 1. The third-order valence-corrected chi connectivity index (χ3v) is 4.00. The number of rotatable bonds is 6. The molecule has 1 amide bonds. The molecule has 2 rings (SSSR count). The van der Waals surface area contributed by atoms with E-state index in [1.165, 1.54) is 18.2 Å². The Kier molecular flexibility index (Phi) is 4.56. The minimum absolute atomic E-state index is 0.0155.